The van der Waals surface area contributed by atoms with Gasteiger partial charge in [0.25, 0.3) is 0 Å². The first-order valence-electron chi connectivity index (χ1n) is 11.8. The van der Waals surface area contributed by atoms with Crippen LogP contribution in [0.15, 0.2) is 42.6 Å². The summed E-state index contributed by atoms with van der Waals surface area (Å²) in [5.41, 5.74) is -3.53. The van der Waals surface area contributed by atoms with Crippen molar-refractivity contribution in [1.82, 2.24) is 19.4 Å². The molecule has 0 radical (unpaired) electrons. The number of alkyl halides is 3. The highest BCUT2D eigenvalue weighted by Gasteiger charge is 2.48. The number of halogens is 3. The minimum Gasteiger partial charge on any atom is -0.456 e. The molecule has 6 rings (SSSR count). The maximum absolute atomic E-state index is 13.0. The maximum atomic E-state index is 13.0. The van der Waals surface area contributed by atoms with Crippen molar-refractivity contribution in [2.45, 2.75) is 32.1 Å². The van der Waals surface area contributed by atoms with Gasteiger partial charge < -0.3 is 18.4 Å². The molecule has 6 bridgehead atoms. The van der Waals surface area contributed by atoms with Crippen LogP contribution in [0, 0.1) is 18.3 Å². The highest BCUT2D eigenvalue weighted by atomic mass is 32.2. The van der Waals surface area contributed by atoms with E-state index in [2.05, 4.69) is 9.17 Å². The van der Waals surface area contributed by atoms with Crippen LogP contribution in [0.1, 0.15) is 28.2 Å². The normalized spacial score (nSPS) is 17.8. The Balaban J connectivity index is 1.61. The molecule has 1 saturated heterocycles. The van der Waals surface area contributed by atoms with Crippen LogP contribution in [0.4, 0.5) is 13.2 Å². The number of piperazine rings is 1. The molecule has 3 aliphatic rings. The largest absolute Gasteiger partial charge is 0.534 e. The van der Waals surface area contributed by atoms with Gasteiger partial charge in [-0.05, 0) is 42.3 Å². The van der Waals surface area contributed by atoms with Crippen LogP contribution < -0.4 is 8.92 Å². The second-order valence-electron chi connectivity index (χ2n) is 9.25. The van der Waals surface area contributed by atoms with Crippen LogP contribution in [-0.4, -0.2) is 58.8 Å². The number of nitrogens with zero attached hydrogens (tertiary/aromatic N) is 5. The summed E-state index contributed by atoms with van der Waals surface area (Å²) in [5.74, 6) is -0.0375. The van der Waals surface area contributed by atoms with Gasteiger partial charge in [0.05, 0.1) is 17.8 Å². The minimum atomic E-state index is -5.96. The summed E-state index contributed by atoms with van der Waals surface area (Å²) >= 11 is 0. The molecule has 1 unspecified atom stereocenters. The predicted molar refractivity (Wildman–Crippen MR) is 130 cm³/mol. The van der Waals surface area contributed by atoms with E-state index in [1.165, 1.54) is 11.0 Å². The number of hydrogen-bond acceptors (Lipinski definition) is 8. The van der Waals surface area contributed by atoms with Crippen molar-refractivity contribution in [3.63, 3.8) is 0 Å². The van der Waals surface area contributed by atoms with Crippen molar-refractivity contribution < 1.29 is 35.3 Å². The van der Waals surface area contributed by atoms with Gasteiger partial charge in [0.2, 0.25) is 5.91 Å². The fraction of sp³-hybridized carbons (Fsp3) is 0.320. The monoisotopic (exact) mass is 561 g/mol. The number of amides is 1. The summed E-state index contributed by atoms with van der Waals surface area (Å²) in [7, 11) is -5.96. The molecule has 10 nitrogen and oxygen atoms in total. The highest BCUT2D eigenvalue weighted by Crippen LogP contribution is 2.34. The van der Waals surface area contributed by atoms with E-state index in [4.69, 9.17) is 4.74 Å². The number of hydrogen-bond donors (Lipinski definition) is 0. The molecule has 4 heterocycles. The van der Waals surface area contributed by atoms with Gasteiger partial charge in [-0.1, -0.05) is 6.07 Å². The first-order valence-corrected chi connectivity index (χ1v) is 13.2. The summed E-state index contributed by atoms with van der Waals surface area (Å²) in [4.78, 5) is 20.9. The summed E-state index contributed by atoms with van der Waals surface area (Å²) in [5, 5.41) is 9.62. The molecule has 3 aliphatic heterocycles. The van der Waals surface area contributed by atoms with Gasteiger partial charge in [0.1, 0.15) is 29.1 Å². The third kappa shape index (κ3) is 5.55. The molecular weight excluding hydrogens is 539 g/mol. The topological polar surface area (TPSA) is 118 Å². The summed E-state index contributed by atoms with van der Waals surface area (Å²) in [6, 6.07) is 10.5. The Kier molecular flexibility index (Phi) is 6.73. The molecule has 0 saturated carbocycles. The summed E-state index contributed by atoms with van der Waals surface area (Å²) in [6.07, 6.45) is 1.76. The number of carbonyl (C=O) groups excluding carboxylic acids is 1. The second-order valence-corrected chi connectivity index (χ2v) is 10.8. The van der Waals surface area contributed by atoms with Crippen molar-refractivity contribution in [3.8, 4) is 23.3 Å². The Morgan fingerprint density at radius 1 is 1.05 bits per heavy atom. The fourth-order valence-electron chi connectivity index (χ4n) is 4.52. The van der Waals surface area contributed by atoms with Crippen molar-refractivity contribution in [2.24, 2.45) is 0 Å². The quantitative estimate of drug-likeness (QED) is 0.346. The van der Waals surface area contributed by atoms with E-state index in [9.17, 15) is 31.6 Å². The van der Waals surface area contributed by atoms with Crippen molar-refractivity contribution in [3.05, 3.63) is 70.8 Å². The molecule has 1 aromatic heterocycles. The Hall–Kier alpha value is -4.09. The van der Waals surface area contributed by atoms with E-state index in [0.717, 1.165) is 29.2 Å². The van der Waals surface area contributed by atoms with Gasteiger partial charge in [-0.15, -0.1) is 0 Å². The first kappa shape index (κ1) is 26.5. The number of aromatic nitrogens is 2. The molecule has 2 aromatic carbocycles. The van der Waals surface area contributed by atoms with Crippen LogP contribution in [0.5, 0.6) is 17.2 Å². The molecule has 1 fully saturated rings. The van der Waals surface area contributed by atoms with Gasteiger partial charge in [0.15, 0.2) is 0 Å². The molecule has 14 heteroatoms. The Morgan fingerprint density at radius 3 is 2.56 bits per heavy atom. The molecule has 0 spiro atoms. The SMILES string of the molecule is Cc1ncc2n1Cc1ccc(C#N)c(c1)Oc1cc(cc(OS(=O)(=O)C(F)(F)F)c1)CN1CCN(CC1=O)C2. The van der Waals surface area contributed by atoms with E-state index >= 15 is 0 Å². The number of carbonyl (C=O) groups is 1. The van der Waals surface area contributed by atoms with Crippen molar-refractivity contribution in [2.75, 3.05) is 19.6 Å². The average molecular weight is 562 g/mol. The van der Waals surface area contributed by atoms with E-state index in [1.807, 2.05) is 22.5 Å². The predicted octanol–water partition coefficient (Wildman–Crippen LogP) is 3.29. The van der Waals surface area contributed by atoms with E-state index in [0.29, 0.717) is 26.2 Å². The molecule has 204 valence electrons. The van der Waals surface area contributed by atoms with Crippen molar-refractivity contribution >= 4 is 16.0 Å². The fourth-order valence-corrected chi connectivity index (χ4v) is 4.96. The number of ether oxygens (including phenoxy) is 1. The first-order chi connectivity index (χ1) is 18.4. The van der Waals surface area contributed by atoms with Crippen LogP contribution in [0.25, 0.3) is 0 Å². The van der Waals surface area contributed by atoms with Crippen molar-refractivity contribution in [1.29, 1.82) is 5.26 Å². The van der Waals surface area contributed by atoms with Gasteiger partial charge in [0, 0.05) is 45.0 Å². The molecule has 0 aliphatic carbocycles. The van der Waals surface area contributed by atoms with Crippen LogP contribution in [0.2, 0.25) is 0 Å². The van der Waals surface area contributed by atoms with Gasteiger partial charge in [-0.2, -0.15) is 26.9 Å². The summed E-state index contributed by atoms with van der Waals surface area (Å²) < 4.78 is 74.7. The lowest BCUT2D eigenvalue weighted by Crippen LogP contribution is -2.49. The van der Waals surface area contributed by atoms with E-state index in [-0.39, 0.29) is 41.6 Å². The summed E-state index contributed by atoms with van der Waals surface area (Å²) in [6.45, 7) is 3.69. The van der Waals surface area contributed by atoms with Crippen LogP contribution >= 0.6 is 0 Å². The smallest absolute Gasteiger partial charge is 0.456 e. The Morgan fingerprint density at radius 2 is 1.85 bits per heavy atom. The Labute approximate surface area is 221 Å². The lowest BCUT2D eigenvalue weighted by atomic mass is 10.1. The number of fused-ring (bicyclic) bond motifs is 2. The molecule has 1 amide bonds. The van der Waals surface area contributed by atoms with E-state index < -0.39 is 21.4 Å². The van der Waals surface area contributed by atoms with E-state index in [1.54, 1.807) is 24.4 Å². The molecule has 3 aromatic rings. The lowest BCUT2D eigenvalue weighted by Gasteiger charge is -2.34. The zero-order valence-electron chi connectivity index (χ0n) is 20.6. The number of imidazole rings is 1. The highest BCUT2D eigenvalue weighted by molar-refractivity contribution is 7.88. The minimum absolute atomic E-state index is 0.0194. The molecule has 1 atom stereocenters. The van der Waals surface area contributed by atoms with Gasteiger partial charge in [-0.3, -0.25) is 9.69 Å². The number of rotatable bonds is 2. The van der Waals surface area contributed by atoms with Crippen LogP contribution in [0.3, 0.4) is 0 Å². The molecule has 39 heavy (non-hydrogen) atoms. The molecular formula is C25H22F3N5O5S. The van der Waals surface area contributed by atoms with Gasteiger partial charge >= 0.3 is 15.6 Å². The average Bonchev–Trinajstić information content (AvgIpc) is 3.18. The van der Waals surface area contributed by atoms with Gasteiger partial charge in [-0.25, -0.2) is 4.98 Å². The standard InChI is InChI=1S/C25H22F3N5O5S/c1-16-30-11-20-14-31-4-5-32(24(34)15-31)12-18-6-21(9-22(7-18)38-39(35,36)25(26,27)28)37-23-8-17(13-33(16)20)2-3-19(23)10-29/h2-3,6-9,11H,4-5,12-15H2,1H3. The number of benzene rings is 2. The zero-order chi connectivity index (χ0) is 27.9. The molecule has 0 N–H and O–H groups in total. The Bertz CT molecular complexity index is 1600. The number of aryl methyl sites for hydroxylation is 1. The third-order valence-corrected chi connectivity index (χ3v) is 7.44. The second kappa shape index (κ2) is 9.90. The zero-order valence-corrected chi connectivity index (χ0v) is 21.4. The van der Waals surface area contributed by atoms with Crippen LogP contribution in [-0.2, 0) is 34.5 Å². The maximum Gasteiger partial charge on any atom is 0.534 e. The number of nitriles is 1. The third-order valence-electron chi connectivity index (χ3n) is 6.46. The lowest BCUT2D eigenvalue weighted by molar-refractivity contribution is -0.136.